The van der Waals surface area contributed by atoms with Crippen LogP contribution in [-0.4, -0.2) is 18.7 Å². The normalized spacial score (nSPS) is 10.8. The lowest BCUT2D eigenvalue weighted by molar-refractivity contribution is 0.0955. The van der Waals surface area contributed by atoms with Crippen LogP contribution in [0.25, 0.3) is 0 Å². The molecule has 1 N–H and O–H groups in total. The minimum absolute atomic E-state index is 0.196. The standard InChI is InChI=1S/C23H19Cl3N2O3/c1-2-30-22-11-15(13-27-28-23(29)16-5-3-6-17(24)12-16)9-10-21(22)31-14-18-19(25)7-4-8-20(18)26/h3-13H,2,14H2,1H3,(H,28,29)/b27-13-. The average molecular weight is 478 g/mol. The van der Waals surface area contributed by atoms with Gasteiger partial charge >= 0.3 is 0 Å². The fraction of sp³-hybridized carbons (Fsp3) is 0.130. The molecular formula is C23H19Cl3N2O3. The predicted octanol–water partition coefficient (Wildman–Crippen LogP) is 6.39. The zero-order valence-electron chi connectivity index (χ0n) is 16.6. The smallest absolute Gasteiger partial charge is 0.271 e. The van der Waals surface area contributed by atoms with Crippen LogP contribution in [0, 0.1) is 0 Å². The van der Waals surface area contributed by atoms with E-state index in [0.717, 1.165) is 5.56 Å². The summed E-state index contributed by atoms with van der Waals surface area (Å²) in [6, 6.07) is 17.2. The Morgan fingerprint density at radius 2 is 1.71 bits per heavy atom. The van der Waals surface area contributed by atoms with Crippen LogP contribution in [0.1, 0.15) is 28.4 Å². The lowest BCUT2D eigenvalue weighted by Gasteiger charge is -2.14. The lowest BCUT2D eigenvalue weighted by Crippen LogP contribution is -2.17. The van der Waals surface area contributed by atoms with Gasteiger partial charge in [-0.25, -0.2) is 5.43 Å². The molecule has 0 unspecified atom stereocenters. The summed E-state index contributed by atoms with van der Waals surface area (Å²) in [6.45, 7) is 2.53. The zero-order chi connectivity index (χ0) is 22.2. The van der Waals surface area contributed by atoms with E-state index in [1.54, 1.807) is 60.7 Å². The van der Waals surface area contributed by atoms with Crippen LogP contribution in [0.5, 0.6) is 11.5 Å². The number of halogens is 3. The Morgan fingerprint density at radius 3 is 2.42 bits per heavy atom. The topological polar surface area (TPSA) is 59.9 Å². The molecule has 31 heavy (non-hydrogen) atoms. The number of benzene rings is 3. The maximum absolute atomic E-state index is 12.1. The first-order valence-electron chi connectivity index (χ1n) is 9.39. The number of carbonyl (C=O) groups is 1. The summed E-state index contributed by atoms with van der Waals surface area (Å²) < 4.78 is 11.6. The number of hydrazone groups is 1. The molecule has 0 fully saturated rings. The van der Waals surface area contributed by atoms with Crippen molar-refractivity contribution in [2.75, 3.05) is 6.61 Å². The van der Waals surface area contributed by atoms with E-state index in [4.69, 9.17) is 44.3 Å². The summed E-state index contributed by atoms with van der Waals surface area (Å²) in [5.74, 6) is 0.717. The molecule has 0 aromatic heterocycles. The molecule has 0 bridgehead atoms. The highest BCUT2D eigenvalue weighted by atomic mass is 35.5. The molecule has 1 amide bonds. The second kappa shape index (κ2) is 11.0. The molecule has 0 aliphatic rings. The molecule has 0 aliphatic heterocycles. The second-order valence-corrected chi connectivity index (χ2v) is 7.59. The van der Waals surface area contributed by atoms with Gasteiger partial charge in [-0.05, 0) is 61.0 Å². The molecule has 0 aliphatic carbocycles. The summed E-state index contributed by atoms with van der Waals surface area (Å²) in [7, 11) is 0. The van der Waals surface area contributed by atoms with Gasteiger partial charge in [0.25, 0.3) is 5.91 Å². The SMILES string of the molecule is CCOc1cc(/C=N\NC(=O)c2cccc(Cl)c2)ccc1OCc1c(Cl)cccc1Cl. The number of carbonyl (C=O) groups excluding carboxylic acids is 1. The number of hydrogen-bond donors (Lipinski definition) is 1. The van der Waals surface area contributed by atoms with Crippen molar-refractivity contribution in [3.8, 4) is 11.5 Å². The first-order chi connectivity index (χ1) is 15.0. The monoisotopic (exact) mass is 476 g/mol. The van der Waals surface area contributed by atoms with Crippen LogP contribution < -0.4 is 14.9 Å². The van der Waals surface area contributed by atoms with Gasteiger partial charge in [0.05, 0.1) is 12.8 Å². The third kappa shape index (κ3) is 6.37. The highest BCUT2D eigenvalue weighted by Crippen LogP contribution is 2.31. The van der Waals surface area contributed by atoms with Crippen molar-refractivity contribution in [2.24, 2.45) is 5.10 Å². The summed E-state index contributed by atoms with van der Waals surface area (Å²) in [6.07, 6.45) is 1.51. The quantitative estimate of drug-likeness (QED) is 0.302. The number of amides is 1. The molecule has 5 nitrogen and oxygen atoms in total. The van der Waals surface area contributed by atoms with Crippen molar-refractivity contribution in [1.29, 1.82) is 0 Å². The van der Waals surface area contributed by atoms with Gasteiger partial charge in [-0.15, -0.1) is 0 Å². The molecule has 0 saturated carbocycles. The van der Waals surface area contributed by atoms with E-state index in [9.17, 15) is 4.79 Å². The lowest BCUT2D eigenvalue weighted by atomic mass is 10.2. The second-order valence-electron chi connectivity index (χ2n) is 6.34. The molecule has 0 radical (unpaired) electrons. The maximum atomic E-state index is 12.1. The Kier molecular flexibility index (Phi) is 8.18. The van der Waals surface area contributed by atoms with Crippen molar-refractivity contribution in [3.05, 3.63) is 92.4 Å². The van der Waals surface area contributed by atoms with Crippen molar-refractivity contribution < 1.29 is 14.3 Å². The molecule has 3 aromatic rings. The summed E-state index contributed by atoms with van der Waals surface area (Å²) in [4.78, 5) is 12.1. The number of hydrogen-bond acceptors (Lipinski definition) is 4. The van der Waals surface area contributed by atoms with Crippen LogP contribution in [0.2, 0.25) is 15.1 Å². The number of nitrogens with one attached hydrogen (secondary N) is 1. The minimum Gasteiger partial charge on any atom is -0.490 e. The van der Waals surface area contributed by atoms with E-state index in [-0.39, 0.29) is 12.5 Å². The van der Waals surface area contributed by atoms with E-state index >= 15 is 0 Å². The highest BCUT2D eigenvalue weighted by molar-refractivity contribution is 6.36. The molecule has 0 heterocycles. The summed E-state index contributed by atoms with van der Waals surface area (Å²) in [5, 5.41) is 5.54. The van der Waals surface area contributed by atoms with Gasteiger partial charge in [-0.3, -0.25) is 4.79 Å². The van der Waals surface area contributed by atoms with Crippen molar-refractivity contribution >= 4 is 46.9 Å². The van der Waals surface area contributed by atoms with E-state index in [1.165, 1.54) is 6.21 Å². The van der Waals surface area contributed by atoms with Crippen LogP contribution in [-0.2, 0) is 6.61 Å². The fourth-order valence-corrected chi connectivity index (χ4v) is 3.37. The molecule has 160 valence electrons. The highest BCUT2D eigenvalue weighted by Gasteiger charge is 2.10. The fourth-order valence-electron chi connectivity index (χ4n) is 2.67. The molecule has 3 aromatic carbocycles. The van der Waals surface area contributed by atoms with Gasteiger partial charge in [0.15, 0.2) is 11.5 Å². The van der Waals surface area contributed by atoms with Gasteiger partial charge in [-0.1, -0.05) is 46.9 Å². The van der Waals surface area contributed by atoms with E-state index in [1.807, 2.05) is 6.92 Å². The Labute approximate surface area is 195 Å². The summed E-state index contributed by atoms with van der Waals surface area (Å²) >= 11 is 18.3. The van der Waals surface area contributed by atoms with Crippen molar-refractivity contribution in [2.45, 2.75) is 13.5 Å². The molecule has 0 saturated heterocycles. The zero-order valence-corrected chi connectivity index (χ0v) is 18.8. The number of nitrogens with zero attached hydrogens (tertiary/aromatic N) is 1. The number of ether oxygens (including phenoxy) is 2. The maximum Gasteiger partial charge on any atom is 0.271 e. The third-order valence-electron chi connectivity index (χ3n) is 4.17. The Bertz CT molecular complexity index is 1080. The largest absolute Gasteiger partial charge is 0.490 e. The predicted molar refractivity (Wildman–Crippen MR) is 125 cm³/mol. The van der Waals surface area contributed by atoms with Gasteiger partial charge in [0.1, 0.15) is 6.61 Å². The first kappa shape index (κ1) is 22.9. The summed E-state index contributed by atoms with van der Waals surface area (Å²) in [5.41, 5.74) is 4.31. The minimum atomic E-state index is -0.361. The van der Waals surface area contributed by atoms with E-state index in [0.29, 0.717) is 44.3 Å². The average Bonchev–Trinajstić information content (AvgIpc) is 2.75. The molecule has 0 spiro atoms. The first-order valence-corrected chi connectivity index (χ1v) is 10.5. The van der Waals surface area contributed by atoms with Crippen LogP contribution in [0.15, 0.2) is 65.8 Å². The molecular weight excluding hydrogens is 459 g/mol. The number of rotatable bonds is 8. The van der Waals surface area contributed by atoms with E-state index < -0.39 is 0 Å². The van der Waals surface area contributed by atoms with Crippen LogP contribution >= 0.6 is 34.8 Å². The van der Waals surface area contributed by atoms with Crippen molar-refractivity contribution in [1.82, 2.24) is 5.43 Å². The van der Waals surface area contributed by atoms with Gasteiger partial charge < -0.3 is 9.47 Å². The van der Waals surface area contributed by atoms with Crippen molar-refractivity contribution in [3.63, 3.8) is 0 Å². The Balaban J connectivity index is 1.69. The van der Waals surface area contributed by atoms with Crippen LogP contribution in [0.3, 0.4) is 0 Å². The van der Waals surface area contributed by atoms with Gasteiger partial charge in [-0.2, -0.15) is 5.10 Å². The van der Waals surface area contributed by atoms with Gasteiger partial charge in [0, 0.05) is 26.2 Å². The Hall–Kier alpha value is -2.73. The molecule has 0 atom stereocenters. The van der Waals surface area contributed by atoms with Gasteiger partial charge in [0.2, 0.25) is 0 Å². The third-order valence-corrected chi connectivity index (χ3v) is 5.11. The molecule has 8 heteroatoms. The molecule has 3 rings (SSSR count). The Morgan fingerprint density at radius 1 is 0.968 bits per heavy atom. The van der Waals surface area contributed by atoms with Crippen LogP contribution in [0.4, 0.5) is 0 Å². The van der Waals surface area contributed by atoms with E-state index in [2.05, 4.69) is 10.5 Å².